The molecule has 0 radical (unpaired) electrons. The van der Waals surface area contributed by atoms with Crippen LogP contribution in [0.2, 0.25) is 5.02 Å². The Labute approximate surface area is 196 Å². The van der Waals surface area contributed by atoms with Crippen LogP contribution in [0.1, 0.15) is 18.4 Å². The van der Waals surface area contributed by atoms with Crippen LogP contribution in [0.15, 0.2) is 71.6 Å². The van der Waals surface area contributed by atoms with Crippen LogP contribution in [-0.2, 0) is 20.2 Å². The number of ether oxygens (including phenoxy) is 2. The Morgan fingerprint density at radius 2 is 1.48 bits per heavy atom. The van der Waals surface area contributed by atoms with E-state index in [1.54, 1.807) is 42.5 Å². The molecule has 1 saturated carbocycles. The minimum Gasteiger partial charge on any atom is -0.486 e. The molecule has 2 N–H and O–H groups in total. The van der Waals surface area contributed by atoms with Gasteiger partial charge in [0.1, 0.15) is 13.2 Å². The Hall–Kier alpha value is -3.23. The van der Waals surface area contributed by atoms with Crippen LogP contribution in [0.3, 0.4) is 0 Å². The normalized spacial score (nSPS) is 16.0. The molecule has 170 valence electrons. The number of hydrogen-bond donors (Lipinski definition) is 2. The highest BCUT2D eigenvalue weighted by atomic mass is 35.5. The highest BCUT2D eigenvalue weighted by Gasteiger charge is 2.51. The average molecular weight is 485 g/mol. The number of amides is 1. The minimum atomic E-state index is -3.82. The first kappa shape index (κ1) is 21.6. The van der Waals surface area contributed by atoms with Crippen molar-refractivity contribution in [2.45, 2.75) is 23.2 Å². The number of carbonyl (C=O) groups is 1. The van der Waals surface area contributed by atoms with E-state index in [4.69, 9.17) is 21.1 Å². The standard InChI is InChI=1S/C24H21ClN2O5S/c25-17-3-1-16(2-4-17)24(11-12-24)23(28)26-18-5-7-19(8-6-18)27-33(29,30)20-9-10-21-22(15-20)32-14-13-31-21/h1-10,15,27H,11-14H2,(H,26,28). The van der Waals surface area contributed by atoms with Crippen molar-refractivity contribution in [3.63, 3.8) is 0 Å². The summed E-state index contributed by atoms with van der Waals surface area (Å²) in [4.78, 5) is 13.0. The number of nitrogens with one attached hydrogen (secondary N) is 2. The number of rotatable bonds is 6. The molecule has 3 aromatic rings. The summed E-state index contributed by atoms with van der Waals surface area (Å²) in [5, 5.41) is 3.56. The molecule has 9 heteroatoms. The molecule has 0 bridgehead atoms. The maximum Gasteiger partial charge on any atom is 0.262 e. The smallest absolute Gasteiger partial charge is 0.262 e. The third-order valence-electron chi connectivity index (χ3n) is 5.80. The quantitative estimate of drug-likeness (QED) is 0.534. The Kier molecular flexibility index (Phi) is 5.42. The Morgan fingerprint density at radius 3 is 2.15 bits per heavy atom. The van der Waals surface area contributed by atoms with E-state index < -0.39 is 15.4 Å². The van der Waals surface area contributed by atoms with Gasteiger partial charge >= 0.3 is 0 Å². The van der Waals surface area contributed by atoms with E-state index >= 15 is 0 Å². The van der Waals surface area contributed by atoms with Gasteiger partial charge in [0.2, 0.25) is 5.91 Å². The summed E-state index contributed by atoms with van der Waals surface area (Å²) in [6, 6.07) is 18.4. The zero-order valence-electron chi connectivity index (χ0n) is 17.5. The maximum atomic E-state index is 12.9. The van der Waals surface area contributed by atoms with Gasteiger partial charge < -0.3 is 14.8 Å². The lowest BCUT2D eigenvalue weighted by Crippen LogP contribution is -2.27. The van der Waals surface area contributed by atoms with Crippen LogP contribution in [-0.4, -0.2) is 27.5 Å². The molecule has 1 amide bonds. The lowest BCUT2D eigenvalue weighted by atomic mass is 9.95. The molecule has 0 atom stereocenters. The molecule has 0 aromatic heterocycles. The lowest BCUT2D eigenvalue weighted by molar-refractivity contribution is -0.118. The van der Waals surface area contributed by atoms with E-state index in [1.807, 2.05) is 12.1 Å². The Bertz CT molecular complexity index is 1300. The van der Waals surface area contributed by atoms with Crippen molar-refractivity contribution in [2.24, 2.45) is 0 Å². The van der Waals surface area contributed by atoms with Crippen LogP contribution in [0.25, 0.3) is 0 Å². The van der Waals surface area contributed by atoms with Gasteiger partial charge in [-0.15, -0.1) is 0 Å². The van der Waals surface area contributed by atoms with Crippen LogP contribution in [0, 0.1) is 0 Å². The third-order valence-corrected chi connectivity index (χ3v) is 7.43. The summed E-state index contributed by atoms with van der Waals surface area (Å²) in [6.45, 7) is 0.803. The predicted molar refractivity (Wildman–Crippen MR) is 126 cm³/mol. The van der Waals surface area contributed by atoms with E-state index in [-0.39, 0.29) is 10.8 Å². The van der Waals surface area contributed by atoms with Crippen LogP contribution in [0.5, 0.6) is 11.5 Å². The van der Waals surface area contributed by atoms with Crippen LogP contribution in [0.4, 0.5) is 11.4 Å². The fourth-order valence-electron chi connectivity index (χ4n) is 3.82. The van der Waals surface area contributed by atoms with E-state index in [2.05, 4.69) is 10.0 Å². The molecule has 1 fully saturated rings. The van der Waals surface area contributed by atoms with Crippen molar-refractivity contribution in [1.29, 1.82) is 0 Å². The van der Waals surface area contributed by atoms with Crippen molar-refractivity contribution in [3.8, 4) is 11.5 Å². The van der Waals surface area contributed by atoms with Gasteiger partial charge in [-0.1, -0.05) is 23.7 Å². The molecule has 1 aliphatic heterocycles. The predicted octanol–water partition coefficient (Wildman–Crippen LogP) is 4.58. The van der Waals surface area contributed by atoms with Gasteiger partial charge in [-0.2, -0.15) is 0 Å². The van der Waals surface area contributed by atoms with Crippen LogP contribution >= 0.6 is 11.6 Å². The van der Waals surface area contributed by atoms with E-state index in [1.165, 1.54) is 12.1 Å². The van der Waals surface area contributed by atoms with Crippen molar-refractivity contribution in [1.82, 2.24) is 0 Å². The summed E-state index contributed by atoms with van der Waals surface area (Å²) in [5.74, 6) is 0.832. The largest absolute Gasteiger partial charge is 0.486 e. The molecular formula is C24H21ClN2O5S. The SMILES string of the molecule is O=C(Nc1ccc(NS(=O)(=O)c2ccc3c(c2)OCCO3)cc1)C1(c2ccc(Cl)cc2)CC1. The van der Waals surface area contributed by atoms with Crippen molar-refractivity contribution < 1.29 is 22.7 Å². The summed E-state index contributed by atoms with van der Waals surface area (Å²) in [5.41, 5.74) is 1.36. The second kappa shape index (κ2) is 8.28. The minimum absolute atomic E-state index is 0.0720. The fraction of sp³-hybridized carbons (Fsp3) is 0.208. The lowest BCUT2D eigenvalue weighted by Gasteiger charge is -2.19. The molecule has 5 rings (SSSR count). The number of benzene rings is 3. The second-order valence-corrected chi connectivity index (χ2v) is 10.2. The van der Waals surface area contributed by atoms with Gasteiger partial charge in [0, 0.05) is 22.5 Å². The second-order valence-electron chi connectivity index (χ2n) is 8.03. The molecule has 1 heterocycles. The van der Waals surface area contributed by atoms with Crippen molar-refractivity contribution in [2.75, 3.05) is 23.3 Å². The number of hydrogen-bond acceptors (Lipinski definition) is 5. The fourth-order valence-corrected chi connectivity index (χ4v) is 5.02. The van der Waals surface area contributed by atoms with E-state index in [0.29, 0.717) is 41.1 Å². The molecule has 33 heavy (non-hydrogen) atoms. The number of carbonyl (C=O) groups excluding carboxylic acids is 1. The summed E-state index contributed by atoms with van der Waals surface area (Å²) < 4.78 is 39.0. The van der Waals surface area contributed by atoms with Gasteiger partial charge in [0.15, 0.2) is 11.5 Å². The van der Waals surface area contributed by atoms with Gasteiger partial charge in [0.25, 0.3) is 10.0 Å². The van der Waals surface area contributed by atoms with Gasteiger partial charge in [0.05, 0.1) is 10.3 Å². The molecule has 0 spiro atoms. The summed E-state index contributed by atoms with van der Waals surface area (Å²) >= 11 is 5.96. The molecule has 7 nitrogen and oxygen atoms in total. The van der Waals surface area contributed by atoms with Crippen molar-refractivity contribution in [3.05, 3.63) is 77.3 Å². The molecule has 3 aromatic carbocycles. The number of fused-ring (bicyclic) bond motifs is 1. The molecule has 0 saturated heterocycles. The summed E-state index contributed by atoms with van der Waals surface area (Å²) in [7, 11) is -3.82. The molecule has 0 unspecified atom stereocenters. The number of halogens is 1. The first-order valence-electron chi connectivity index (χ1n) is 10.5. The first-order valence-corrected chi connectivity index (χ1v) is 12.3. The Morgan fingerprint density at radius 1 is 0.848 bits per heavy atom. The number of sulfonamides is 1. The van der Waals surface area contributed by atoms with E-state index in [0.717, 1.165) is 18.4 Å². The maximum absolute atomic E-state index is 12.9. The average Bonchev–Trinajstić information content (AvgIpc) is 3.62. The third kappa shape index (κ3) is 4.36. The molecule has 1 aliphatic carbocycles. The Balaban J connectivity index is 1.27. The highest BCUT2D eigenvalue weighted by molar-refractivity contribution is 7.92. The zero-order chi connectivity index (χ0) is 23.1. The van der Waals surface area contributed by atoms with Gasteiger partial charge in [-0.25, -0.2) is 8.42 Å². The monoisotopic (exact) mass is 484 g/mol. The number of anilines is 2. The van der Waals surface area contributed by atoms with Crippen molar-refractivity contribution >= 4 is 38.9 Å². The molecule has 2 aliphatic rings. The highest BCUT2D eigenvalue weighted by Crippen LogP contribution is 2.49. The summed E-state index contributed by atoms with van der Waals surface area (Å²) in [6.07, 6.45) is 1.54. The molecular weight excluding hydrogens is 464 g/mol. The topological polar surface area (TPSA) is 93.7 Å². The van der Waals surface area contributed by atoms with Gasteiger partial charge in [-0.05, 0) is 66.9 Å². The van der Waals surface area contributed by atoms with Gasteiger partial charge in [-0.3, -0.25) is 9.52 Å². The van der Waals surface area contributed by atoms with E-state index in [9.17, 15) is 13.2 Å². The first-order chi connectivity index (χ1) is 15.9. The zero-order valence-corrected chi connectivity index (χ0v) is 19.1. The van der Waals surface area contributed by atoms with Crippen LogP contribution < -0.4 is 19.5 Å².